The van der Waals surface area contributed by atoms with Crippen molar-refractivity contribution in [3.8, 4) is 5.75 Å². The highest BCUT2D eigenvalue weighted by Gasteiger charge is 2.29. The van der Waals surface area contributed by atoms with Crippen molar-refractivity contribution in [3.05, 3.63) is 34.0 Å². The molecule has 0 aromatic carbocycles. The van der Waals surface area contributed by atoms with Gasteiger partial charge < -0.3 is 36.5 Å². The number of nitrogens with two attached hydrogens (primary N) is 2. The van der Waals surface area contributed by atoms with E-state index in [1.54, 1.807) is 6.92 Å². The quantitative estimate of drug-likeness (QED) is 0.323. The van der Waals surface area contributed by atoms with Gasteiger partial charge in [0, 0.05) is 24.0 Å². The van der Waals surface area contributed by atoms with Gasteiger partial charge in [0.05, 0.1) is 18.9 Å². The Balaban J connectivity index is 2.20. The van der Waals surface area contributed by atoms with Crippen molar-refractivity contribution in [2.75, 3.05) is 12.4 Å². The minimum atomic E-state index is -0.883. The number of ether oxygens (including phenoxy) is 1. The number of rotatable bonds is 6. The van der Waals surface area contributed by atoms with E-state index in [1.807, 2.05) is 0 Å². The minimum absolute atomic E-state index is 0.0248. The molecule has 1 fully saturated rings. The van der Waals surface area contributed by atoms with Crippen molar-refractivity contribution in [2.45, 2.75) is 31.9 Å². The van der Waals surface area contributed by atoms with E-state index in [4.69, 9.17) is 26.0 Å². The van der Waals surface area contributed by atoms with Gasteiger partial charge in [-0.2, -0.15) is 4.99 Å². The number of carbonyl (C=O) groups is 1. The molecule has 156 valence electrons. The molecule has 29 heavy (non-hydrogen) atoms. The molecule has 1 heterocycles. The molecule has 7 N–H and O–H groups in total. The maximum atomic E-state index is 12.3. The summed E-state index contributed by atoms with van der Waals surface area (Å²) in [6.45, 7) is 1.64. The first-order valence-corrected chi connectivity index (χ1v) is 9.29. The highest BCUT2D eigenvalue weighted by molar-refractivity contribution is 8.26. The Morgan fingerprint density at radius 3 is 2.66 bits per heavy atom. The standard InChI is InChI=1S/C17H22N6O5S/c1-8(3-4-18)21-16(19)29-17(20)23-14(25)12-7-11(13(27-2)15(26)28-12)22-9-5-10(24)6-9/h3-4,7,9-10,18,22,24H,5-6H2,1-2H3,(H2,19,21)(H2,20,23,25)/b8-3-,18-4?. The number of anilines is 1. The van der Waals surface area contributed by atoms with Crippen molar-refractivity contribution >= 4 is 39.9 Å². The van der Waals surface area contributed by atoms with Crippen LogP contribution in [0.5, 0.6) is 5.75 Å². The van der Waals surface area contributed by atoms with Gasteiger partial charge in [-0.1, -0.05) is 0 Å². The third kappa shape index (κ3) is 6.19. The average molecular weight is 422 g/mol. The Morgan fingerprint density at radius 2 is 2.07 bits per heavy atom. The van der Waals surface area contributed by atoms with Gasteiger partial charge in [-0.15, -0.1) is 0 Å². The summed E-state index contributed by atoms with van der Waals surface area (Å²) in [4.78, 5) is 32.1. The SMILES string of the molecule is COc1c(NC2CC(O)C2)cc(C(=O)N=C(N)SC(N)=N/C(C)=C\C=N)oc1=O. The number of thioether (sulfide) groups is 1. The average Bonchev–Trinajstić information content (AvgIpc) is 2.59. The summed E-state index contributed by atoms with van der Waals surface area (Å²) in [7, 11) is 1.30. The first-order chi connectivity index (χ1) is 13.7. The molecule has 0 saturated heterocycles. The molecule has 1 aromatic rings. The summed E-state index contributed by atoms with van der Waals surface area (Å²) in [6, 6.07) is 1.24. The van der Waals surface area contributed by atoms with Gasteiger partial charge in [0.1, 0.15) is 0 Å². The molecule has 2 rings (SSSR count). The zero-order valence-electron chi connectivity index (χ0n) is 15.8. The number of nitrogens with zero attached hydrogens (tertiary/aromatic N) is 2. The van der Waals surface area contributed by atoms with Crippen LogP contribution in [0.3, 0.4) is 0 Å². The highest BCUT2D eigenvalue weighted by Crippen LogP contribution is 2.28. The highest BCUT2D eigenvalue weighted by atomic mass is 32.2. The lowest BCUT2D eigenvalue weighted by Gasteiger charge is -2.33. The van der Waals surface area contributed by atoms with Crippen LogP contribution in [0.4, 0.5) is 5.69 Å². The summed E-state index contributed by atoms with van der Waals surface area (Å²) >= 11 is 0.747. The first kappa shape index (κ1) is 22.2. The van der Waals surface area contributed by atoms with E-state index in [-0.39, 0.29) is 33.6 Å². The number of amides is 1. The molecular formula is C17H22N6O5S. The zero-order chi connectivity index (χ0) is 21.6. The predicted molar refractivity (Wildman–Crippen MR) is 112 cm³/mol. The smallest absolute Gasteiger partial charge is 0.381 e. The molecule has 0 radical (unpaired) electrons. The molecule has 0 bridgehead atoms. The lowest BCUT2D eigenvalue weighted by atomic mass is 9.89. The number of methoxy groups -OCH3 is 1. The number of aliphatic hydroxyl groups excluding tert-OH is 1. The van der Waals surface area contributed by atoms with Crippen molar-refractivity contribution in [3.63, 3.8) is 0 Å². The van der Waals surface area contributed by atoms with Crippen molar-refractivity contribution in [1.29, 1.82) is 5.41 Å². The van der Waals surface area contributed by atoms with Crippen LogP contribution in [0.2, 0.25) is 0 Å². The number of carbonyl (C=O) groups excluding carboxylic acids is 1. The fourth-order valence-electron chi connectivity index (χ4n) is 2.45. The third-order valence-electron chi connectivity index (χ3n) is 3.83. The van der Waals surface area contributed by atoms with Crippen LogP contribution in [-0.2, 0) is 0 Å². The summed E-state index contributed by atoms with van der Waals surface area (Å²) < 4.78 is 10.0. The molecule has 1 aliphatic rings. The van der Waals surface area contributed by atoms with Gasteiger partial charge in [-0.3, -0.25) is 4.79 Å². The van der Waals surface area contributed by atoms with E-state index in [2.05, 4.69) is 15.3 Å². The third-order valence-corrected chi connectivity index (χ3v) is 4.43. The molecule has 0 aliphatic heterocycles. The number of amidine groups is 2. The van der Waals surface area contributed by atoms with E-state index in [0.717, 1.165) is 18.0 Å². The number of allylic oxidation sites excluding steroid dienone is 2. The molecule has 1 aromatic heterocycles. The van der Waals surface area contributed by atoms with Crippen LogP contribution < -0.4 is 27.1 Å². The van der Waals surface area contributed by atoms with Crippen molar-refractivity contribution < 1.29 is 19.1 Å². The maximum absolute atomic E-state index is 12.3. The number of nitrogens with one attached hydrogen (secondary N) is 2. The van der Waals surface area contributed by atoms with E-state index in [9.17, 15) is 14.7 Å². The van der Waals surface area contributed by atoms with Crippen molar-refractivity contribution in [2.24, 2.45) is 21.5 Å². The molecule has 0 spiro atoms. The van der Waals surface area contributed by atoms with E-state index in [1.165, 1.54) is 19.3 Å². The zero-order valence-corrected chi connectivity index (χ0v) is 16.7. The lowest BCUT2D eigenvalue weighted by Crippen LogP contribution is -2.39. The van der Waals surface area contributed by atoms with Gasteiger partial charge in [-0.05, 0) is 37.6 Å². The minimum Gasteiger partial charge on any atom is -0.488 e. The number of hydrogen-bond donors (Lipinski definition) is 5. The van der Waals surface area contributed by atoms with E-state index >= 15 is 0 Å². The molecule has 11 nitrogen and oxygen atoms in total. The van der Waals surface area contributed by atoms with E-state index in [0.29, 0.717) is 18.5 Å². The molecule has 1 aliphatic carbocycles. The Kier molecular flexibility index (Phi) is 7.56. The molecular weight excluding hydrogens is 400 g/mol. The summed E-state index contributed by atoms with van der Waals surface area (Å²) in [5, 5.41) is 19.2. The second kappa shape index (κ2) is 9.89. The lowest BCUT2D eigenvalue weighted by molar-refractivity contribution is 0.0834. The molecule has 1 saturated carbocycles. The number of aliphatic imine (C=N–C) groups is 2. The number of hydrogen-bond acceptors (Lipinski definition) is 9. The summed E-state index contributed by atoms with van der Waals surface area (Å²) in [5.41, 5.74) is 11.3. The van der Waals surface area contributed by atoms with Gasteiger partial charge in [0.2, 0.25) is 11.5 Å². The number of aliphatic hydroxyl groups is 1. The molecule has 1 amide bonds. The van der Waals surface area contributed by atoms with Crippen LogP contribution in [0.1, 0.15) is 30.3 Å². The second-order valence-electron chi connectivity index (χ2n) is 6.09. The Hall–Kier alpha value is -3.12. The maximum Gasteiger partial charge on any atom is 0.381 e. The summed E-state index contributed by atoms with van der Waals surface area (Å²) in [6.07, 6.45) is 3.11. The first-order valence-electron chi connectivity index (χ1n) is 8.48. The predicted octanol–water partition coefficient (Wildman–Crippen LogP) is 0.640. The Labute approximate surface area is 170 Å². The van der Waals surface area contributed by atoms with Crippen LogP contribution in [-0.4, -0.2) is 46.8 Å². The van der Waals surface area contributed by atoms with Gasteiger partial charge in [0.15, 0.2) is 10.3 Å². The van der Waals surface area contributed by atoms with Gasteiger partial charge in [-0.25, -0.2) is 9.79 Å². The van der Waals surface area contributed by atoms with Crippen molar-refractivity contribution in [1.82, 2.24) is 0 Å². The van der Waals surface area contributed by atoms with Crippen LogP contribution >= 0.6 is 11.8 Å². The fraction of sp³-hybridized carbons (Fsp3) is 0.353. The topological polar surface area (TPSA) is 189 Å². The summed E-state index contributed by atoms with van der Waals surface area (Å²) in [5.74, 6) is -1.30. The largest absolute Gasteiger partial charge is 0.488 e. The Bertz CT molecular complexity index is 933. The van der Waals surface area contributed by atoms with Crippen LogP contribution in [0, 0.1) is 5.41 Å². The van der Waals surface area contributed by atoms with Gasteiger partial charge in [0.25, 0.3) is 0 Å². The van der Waals surface area contributed by atoms with Crippen LogP contribution in [0.15, 0.2) is 37.0 Å². The monoisotopic (exact) mass is 422 g/mol. The van der Waals surface area contributed by atoms with Gasteiger partial charge >= 0.3 is 11.5 Å². The fourth-order valence-corrected chi connectivity index (χ4v) is 2.99. The van der Waals surface area contributed by atoms with Crippen LogP contribution in [0.25, 0.3) is 0 Å². The Morgan fingerprint density at radius 1 is 1.41 bits per heavy atom. The molecule has 12 heteroatoms. The second-order valence-corrected chi connectivity index (χ2v) is 7.13. The molecule has 0 atom stereocenters. The molecule has 0 unspecified atom stereocenters. The normalized spacial score (nSPS) is 20.0. The van der Waals surface area contributed by atoms with E-state index < -0.39 is 17.6 Å².